The molecule has 2 aliphatic heterocycles. The number of hydrogen-bond acceptors (Lipinski definition) is 3. The Morgan fingerprint density at radius 3 is 2.14 bits per heavy atom. The number of amides is 1. The van der Waals surface area contributed by atoms with Crippen molar-refractivity contribution in [3.63, 3.8) is 0 Å². The van der Waals surface area contributed by atoms with Crippen LogP contribution in [0.4, 0.5) is 0 Å². The minimum absolute atomic E-state index is 0.103. The fourth-order valence-electron chi connectivity index (χ4n) is 3.43. The average molecular weight is 296 g/mol. The van der Waals surface area contributed by atoms with E-state index in [-0.39, 0.29) is 12.5 Å². The molecule has 0 aliphatic carbocycles. The summed E-state index contributed by atoms with van der Waals surface area (Å²) in [5.74, 6) is -0.700. The second kappa shape index (κ2) is 7.25. The molecule has 0 spiro atoms. The van der Waals surface area contributed by atoms with E-state index in [0.29, 0.717) is 13.0 Å². The Balaban J connectivity index is 1.97. The van der Waals surface area contributed by atoms with E-state index in [1.54, 1.807) is 6.92 Å². The van der Waals surface area contributed by atoms with Gasteiger partial charge in [0, 0.05) is 13.1 Å². The van der Waals surface area contributed by atoms with Crippen molar-refractivity contribution in [1.29, 1.82) is 0 Å². The molecule has 1 amide bonds. The summed E-state index contributed by atoms with van der Waals surface area (Å²) >= 11 is 0. The Labute approximate surface area is 127 Å². The summed E-state index contributed by atoms with van der Waals surface area (Å²) in [6, 6.07) is 0. The lowest BCUT2D eigenvalue weighted by molar-refractivity contribution is -0.154. The summed E-state index contributed by atoms with van der Waals surface area (Å²) in [4.78, 5) is 27.9. The van der Waals surface area contributed by atoms with Gasteiger partial charge in [0.25, 0.3) is 0 Å². The fraction of sp³-hybridized carbons (Fsp3) is 0.875. The molecule has 2 heterocycles. The molecule has 2 rings (SSSR count). The normalized spacial score (nSPS) is 28.7. The Morgan fingerprint density at radius 1 is 0.952 bits per heavy atom. The van der Waals surface area contributed by atoms with Crippen molar-refractivity contribution in [1.82, 2.24) is 9.80 Å². The number of nitrogens with zero attached hydrogens (tertiary/aromatic N) is 2. The average Bonchev–Trinajstić information content (AvgIpc) is 2.40. The summed E-state index contributed by atoms with van der Waals surface area (Å²) in [7, 11) is 0. The van der Waals surface area contributed by atoms with Crippen LogP contribution in [0.5, 0.6) is 0 Å². The zero-order valence-electron chi connectivity index (χ0n) is 13.1. The molecule has 2 fully saturated rings. The quantitative estimate of drug-likeness (QED) is 0.866. The van der Waals surface area contributed by atoms with Crippen molar-refractivity contribution in [3.8, 4) is 0 Å². The monoisotopic (exact) mass is 296 g/mol. The minimum atomic E-state index is -0.878. The summed E-state index contributed by atoms with van der Waals surface area (Å²) < 4.78 is 0. The van der Waals surface area contributed by atoms with E-state index >= 15 is 0 Å². The molecule has 0 saturated carbocycles. The SMILES string of the molecule is CC1(C(=O)O)CCCCN1CC(=O)N1CCCCCCC1. The molecule has 120 valence electrons. The number of rotatable bonds is 3. The van der Waals surface area contributed by atoms with E-state index < -0.39 is 11.5 Å². The molecule has 5 heteroatoms. The predicted octanol–water partition coefficient (Wildman–Crippen LogP) is 2.11. The third-order valence-corrected chi connectivity index (χ3v) is 5.04. The second-order valence-electron chi connectivity index (χ2n) is 6.61. The number of likely N-dealkylation sites (tertiary alicyclic amines) is 2. The third-order valence-electron chi connectivity index (χ3n) is 5.04. The van der Waals surface area contributed by atoms with Gasteiger partial charge in [0.15, 0.2) is 0 Å². The second-order valence-corrected chi connectivity index (χ2v) is 6.61. The highest BCUT2D eigenvalue weighted by atomic mass is 16.4. The van der Waals surface area contributed by atoms with Crippen LogP contribution in [0.2, 0.25) is 0 Å². The molecule has 0 radical (unpaired) electrons. The van der Waals surface area contributed by atoms with E-state index in [0.717, 1.165) is 38.8 Å². The molecule has 0 aromatic heterocycles. The highest BCUT2D eigenvalue weighted by molar-refractivity contribution is 5.82. The Morgan fingerprint density at radius 2 is 1.52 bits per heavy atom. The molecular weight excluding hydrogens is 268 g/mol. The van der Waals surface area contributed by atoms with Gasteiger partial charge in [-0.3, -0.25) is 14.5 Å². The van der Waals surface area contributed by atoms with Gasteiger partial charge in [-0.15, -0.1) is 0 Å². The van der Waals surface area contributed by atoms with E-state index in [1.165, 1.54) is 19.3 Å². The van der Waals surface area contributed by atoms with Gasteiger partial charge in [0.05, 0.1) is 6.54 Å². The van der Waals surface area contributed by atoms with Crippen molar-refractivity contribution < 1.29 is 14.7 Å². The van der Waals surface area contributed by atoms with Crippen LogP contribution in [0.15, 0.2) is 0 Å². The first kappa shape index (κ1) is 16.3. The van der Waals surface area contributed by atoms with E-state index in [1.807, 2.05) is 9.80 Å². The topological polar surface area (TPSA) is 60.9 Å². The first-order valence-corrected chi connectivity index (χ1v) is 8.30. The molecule has 2 aliphatic rings. The maximum atomic E-state index is 12.5. The van der Waals surface area contributed by atoms with Gasteiger partial charge in [-0.2, -0.15) is 0 Å². The molecule has 1 atom stereocenters. The summed E-state index contributed by atoms with van der Waals surface area (Å²) in [6.07, 6.45) is 8.35. The lowest BCUT2D eigenvalue weighted by Gasteiger charge is -2.42. The van der Waals surface area contributed by atoms with Gasteiger partial charge in [-0.25, -0.2) is 0 Å². The van der Waals surface area contributed by atoms with Crippen LogP contribution in [0.25, 0.3) is 0 Å². The molecule has 0 aromatic rings. The zero-order valence-corrected chi connectivity index (χ0v) is 13.1. The van der Waals surface area contributed by atoms with Crippen molar-refractivity contribution in [2.24, 2.45) is 0 Å². The van der Waals surface area contributed by atoms with Crippen LogP contribution in [0, 0.1) is 0 Å². The van der Waals surface area contributed by atoms with Gasteiger partial charge in [0.1, 0.15) is 5.54 Å². The highest BCUT2D eigenvalue weighted by Gasteiger charge is 2.42. The molecule has 2 saturated heterocycles. The number of piperidine rings is 1. The largest absolute Gasteiger partial charge is 0.480 e. The van der Waals surface area contributed by atoms with E-state index in [2.05, 4.69) is 0 Å². The number of carbonyl (C=O) groups is 2. The Kier molecular flexibility index (Phi) is 5.62. The van der Waals surface area contributed by atoms with Crippen molar-refractivity contribution in [2.45, 2.75) is 63.8 Å². The molecule has 21 heavy (non-hydrogen) atoms. The lowest BCUT2D eigenvalue weighted by Crippen LogP contribution is -2.58. The Bertz CT molecular complexity index is 378. The van der Waals surface area contributed by atoms with Crippen LogP contribution in [-0.4, -0.2) is 58.5 Å². The van der Waals surface area contributed by atoms with Gasteiger partial charge in [-0.1, -0.05) is 19.3 Å². The molecule has 1 unspecified atom stereocenters. The maximum absolute atomic E-state index is 12.5. The van der Waals surface area contributed by atoms with Crippen molar-refractivity contribution >= 4 is 11.9 Å². The van der Waals surface area contributed by atoms with Crippen LogP contribution in [-0.2, 0) is 9.59 Å². The smallest absolute Gasteiger partial charge is 0.323 e. The standard InChI is InChI=1S/C16H28N2O3/c1-16(15(20)21)9-5-8-12-18(16)13-14(19)17-10-6-3-2-4-7-11-17/h2-13H2,1H3,(H,20,21). The van der Waals surface area contributed by atoms with Crippen LogP contribution in [0.3, 0.4) is 0 Å². The molecule has 1 N–H and O–H groups in total. The lowest BCUT2D eigenvalue weighted by atomic mass is 9.88. The number of carboxylic acid groups (broad SMARTS) is 1. The molecular formula is C16H28N2O3. The highest BCUT2D eigenvalue weighted by Crippen LogP contribution is 2.28. The van der Waals surface area contributed by atoms with Crippen LogP contribution < -0.4 is 0 Å². The van der Waals surface area contributed by atoms with Crippen LogP contribution in [0.1, 0.15) is 58.3 Å². The summed E-state index contributed by atoms with van der Waals surface area (Å²) in [6.45, 7) is 4.38. The number of aliphatic carboxylic acids is 1. The van der Waals surface area contributed by atoms with Crippen molar-refractivity contribution in [3.05, 3.63) is 0 Å². The van der Waals surface area contributed by atoms with E-state index in [9.17, 15) is 14.7 Å². The number of hydrogen-bond donors (Lipinski definition) is 1. The van der Waals surface area contributed by atoms with Gasteiger partial charge in [0.2, 0.25) is 5.91 Å². The number of carboxylic acids is 1. The predicted molar refractivity (Wildman–Crippen MR) is 81.1 cm³/mol. The molecule has 5 nitrogen and oxygen atoms in total. The van der Waals surface area contributed by atoms with E-state index in [4.69, 9.17) is 0 Å². The van der Waals surface area contributed by atoms with Crippen LogP contribution >= 0.6 is 0 Å². The summed E-state index contributed by atoms with van der Waals surface area (Å²) in [5, 5.41) is 9.51. The third kappa shape index (κ3) is 3.96. The maximum Gasteiger partial charge on any atom is 0.323 e. The van der Waals surface area contributed by atoms with Gasteiger partial charge in [-0.05, 0) is 45.6 Å². The Hall–Kier alpha value is -1.10. The van der Waals surface area contributed by atoms with Gasteiger partial charge < -0.3 is 10.0 Å². The fourth-order valence-corrected chi connectivity index (χ4v) is 3.43. The first-order valence-electron chi connectivity index (χ1n) is 8.30. The molecule has 0 aromatic carbocycles. The first-order chi connectivity index (χ1) is 10.0. The minimum Gasteiger partial charge on any atom is -0.480 e. The zero-order chi connectivity index (χ0) is 15.3. The molecule has 0 bridgehead atoms. The van der Waals surface area contributed by atoms with Gasteiger partial charge >= 0.3 is 5.97 Å². The van der Waals surface area contributed by atoms with Crippen molar-refractivity contribution in [2.75, 3.05) is 26.2 Å². The summed E-state index contributed by atoms with van der Waals surface area (Å²) in [5.41, 5.74) is -0.878. The number of carbonyl (C=O) groups excluding carboxylic acids is 1.